The zero-order valence-corrected chi connectivity index (χ0v) is 10.5. The highest BCUT2D eigenvalue weighted by molar-refractivity contribution is 4.82. The summed E-state index contributed by atoms with van der Waals surface area (Å²) >= 11 is 0. The van der Waals surface area contributed by atoms with Crippen LogP contribution < -0.4 is 5.32 Å². The van der Waals surface area contributed by atoms with E-state index < -0.39 is 0 Å². The molecule has 0 aromatic heterocycles. The molecule has 1 saturated heterocycles. The van der Waals surface area contributed by atoms with Gasteiger partial charge in [0, 0.05) is 25.2 Å². The molecule has 1 aliphatic heterocycles. The molecule has 0 spiro atoms. The monoisotopic (exact) mass is 210 g/mol. The number of hydrogen-bond donors (Lipinski definition) is 1. The molecule has 2 nitrogen and oxygen atoms in total. The van der Waals surface area contributed by atoms with E-state index in [0.717, 1.165) is 25.0 Å². The van der Waals surface area contributed by atoms with Gasteiger partial charge in [0.1, 0.15) is 0 Å². The lowest BCUT2D eigenvalue weighted by Gasteiger charge is -2.40. The zero-order chi connectivity index (χ0) is 11.3. The molecule has 3 atom stereocenters. The molecule has 1 aliphatic rings. The van der Waals surface area contributed by atoms with E-state index in [0.29, 0.717) is 6.04 Å². The van der Waals surface area contributed by atoms with Crippen LogP contribution in [-0.4, -0.2) is 36.6 Å². The maximum atomic E-state index is 3.72. The van der Waals surface area contributed by atoms with Crippen LogP contribution in [0.2, 0.25) is 0 Å². The van der Waals surface area contributed by atoms with Crippen molar-refractivity contribution < 1.29 is 0 Å². The summed E-state index contributed by atoms with van der Waals surface area (Å²) in [6, 6.07) is 1.39. The van der Waals surface area contributed by atoms with E-state index in [1.54, 1.807) is 0 Å². The first-order valence-corrected chi connectivity index (χ1v) is 6.22. The topological polar surface area (TPSA) is 15.3 Å². The fourth-order valence-corrected chi connectivity index (χ4v) is 2.59. The number of rotatable bonds is 5. The highest BCUT2D eigenvalue weighted by Gasteiger charge is 2.25. The molecule has 0 aromatic carbocycles. The second-order valence-corrected chi connectivity index (χ2v) is 5.01. The van der Waals surface area contributed by atoms with Gasteiger partial charge >= 0.3 is 0 Å². The lowest BCUT2D eigenvalue weighted by Crippen LogP contribution is -2.49. The third-order valence-electron chi connectivity index (χ3n) is 3.48. The summed E-state index contributed by atoms with van der Waals surface area (Å²) in [5.41, 5.74) is 0. The molecule has 0 saturated carbocycles. The molecule has 15 heavy (non-hydrogen) atoms. The van der Waals surface area contributed by atoms with E-state index in [2.05, 4.69) is 37.6 Å². The molecule has 2 heteroatoms. The van der Waals surface area contributed by atoms with E-state index in [9.17, 15) is 0 Å². The number of nitrogens with one attached hydrogen (secondary N) is 1. The van der Waals surface area contributed by atoms with Crippen molar-refractivity contribution in [2.45, 2.75) is 45.7 Å². The Kier molecular flexibility index (Phi) is 5.34. The quantitative estimate of drug-likeness (QED) is 0.553. The summed E-state index contributed by atoms with van der Waals surface area (Å²) in [5, 5.41) is 3.40. The summed E-state index contributed by atoms with van der Waals surface area (Å²) in [5.74, 6) is 0.907. The molecule has 0 aliphatic carbocycles. The van der Waals surface area contributed by atoms with Gasteiger partial charge in [0.05, 0.1) is 0 Å². The number of hydrogen-bond acceptors (Lipinski definition) is 2. The third kappa shape index (κ3) is 3.96. The Labute approximate surface area is 94.7 Å². The molecule has 0 radical (unpaired) electrons. The van der Waals surface area contributed by atoms with Crippen LogP contribution >= 0.6 is 0 Å². The van der Waals surface area contributed by atoms with Crippen LogP contribution in [0.1, 0.15) is 33.6 Å². The normalized spacial score (nSPS) is 30.1. The van der Waals surface area contributed by atoms with Gasteiger partial charge < -0.3 is 5.32 Å². The molecule has 0 bridgehead atoms. The van der Waals surface area contributed by atoms with Gasteiger partial charge in [-0.3, -0.25) is 4.90 Å². The lowest BCUT2D eigenvalue weighted by molar-refractivity contribution is 0.0894. The Hall–Kier alpha value is -0.340. The van der Waals surface area contributed by atoms with Crippen LogP contribution in [0.25, 0.3) is 0 Å². The van der Waals surface area contributed by atoms with Gasteiger partial charge in [0.25, 0.3) is 0 Å². The minimum absolute atomic E-state index is 0.646. The first kappa shape index (κ1) is 12.7. The summed E-state index contributed by atoms with van der Waals surface area (Å²) in [6.07, 6.45) is 4.64. The predicted molar refractivity (Wildman–Crippen MR) is 67.1 cm³/mol. The van der Waals surface area contributed by atoms with Gasteiger partial charge in [-0.2, -0.15) is 0 Å². The fourth-order valence-electron chi connectivity index (χ4n) is 2.59. The second kappa shape index (κ2) is 6.29. The van der Waals surface area contributed by atoms with Crippen LogP contribution in [0.15, 0.2) is 12.7 Å². The fraction of sp³-hybridized carbons (Fsp3) is 0.846. The average Bonchev–Trinajstić information content (AvgIpc) is 2.17. The van der Waals surface area contributed by atoms with Gasteiger partial charge in [-0.1, -0.05) is 13.0 Å². The Morgan fingerprint density at radius 3 is 2.87 bits per heavy atom. The van der Waals surface area contributed by atoms with Crippen LogP contribution in [0, 0.1) is 5.92 Å². The van der Waals surface area contributed by atoms with E-state index >= 15 is 0 Å². The van der Waals surface area contributed by atoms with Gasteiger partial charge in [-0.25, -0.2) is 0 Å². The standard InChI is InChI=1S/C13H26N2/c1-5-7-14-10-13(4)15-8-6-11(2)9-12(15)3/h5,11-14H,1,6-10H2,2-4H3. The smallest absolute Gasteiger partial charge is 0.0195 e. The van der Waals surface area contributed by atoms with Crippen molar-refractivity contribution in [1.82, 2.24) is 10.2 Å². The van der Waals surface area contributed by atoms with E-state index in [4.69, 9.17) is 0 Å². The summed E-state index contributed by atoms with van der Waals surface area (Å²) in [6.45, 7) is 14.0. The molecule has 0 aromatic rings. The number of piperidine rings is 1. The van der Waals surface area contributed by atoms with Crippen molar-refractivity contribution in [3.05, 3.63) is 12.7 Å². The van der Waals surface area contributed by atoms with Crippen LogP contribution in [-0.2, 0) is 0 Å². The van der Waals surface area contributed by atoms with Gasteiger partial charge in [0.2, 0.25) is 0 Å². The van der Waals surface area contributed by atoms with Gasteiger partial charge in [-0.15, -0.1) is 6.58 Å². The summed E-state index contributed by atoms with van der Waals surface area (Å²) in [7, 11) is 0. The lowest BCUT2D eigenvalue weighted by atomic mass is 9.92. The summed E-state index contributed by atoms with van der Waals surface area (Å²) < 4.78 is 0. The molecular formula is C13H26N2. The van der Waals surface area contributed by atoms with Crippen molar-refractivity contribution in [2.75, 3.05) is 19.6 Å². The van der Waals surface area contributed by atoms with Crippen molar-refractivity contribution in [2.24, 2.45) is 5.92 Å². The Morgan fingerprint density at radius 1 is 1.53 bits per heavy atom. The molecule has 0 amide bonds. The average molecular weight is 210 g/mol. The largest absolute Gasteiger partial charge is 0.312 e. The Bertz CT molecular complexity index is 191. The van der Waals surface area contributed by atoms with E-state index in [1.807, 2.05) is 6.08 Å². The Morgan fingerprint density at radius 2 is 2.27 bits per heavy atom. The second-order valence-electron chi connectivity index (χ2n) is 5.01. The SMILES string of the molecule is C=CCNCC(C)N1CCC(C)CC1C. The number of likely N-dealkylation sites (tertiary alicyclic amines) is 1. The highest BCUT2D eigenvalue weighted by atomic mass is 15.2. The molecule has 3 unspecified atom stereocenters. The highest BCUT2D eigenvalue weighted by Crippen LogP contribution is 2.23. The molecule has 1 N–H and O–H groups in total. The van der Waals surface area contributed by atoms with E-state index in [1.165, 1.54) is 19.4 Å². The van der Waals surface area contributed by atoms with Crippen LogP contribution in [0.4, 0.5) is 0 Å². The molecule has 1 rings (SSSR count). The predicted octanol–water partition coefficient (Wildman–Crippen LogP) is 2.27. The molecule has 88 valence electrons. The molecule has 1 fully saturated rings. The van der Waals surface area contributed by atoms with E-state index in [-0.39, 0.29) is 0 Å². The number of nitrogens with zero attached hydrogens (tertiary/aromatic N) is 1. The summed E-state index contributed by atoms with van der Waals surface area (Å²) in [4.78, 5) is 2.64. The van der Waals surface area contributed by atoms with Crippen LogP contribution in [0.5, 0.6) is 0 Å². The van der Waals surface area contributed by atoms with Crippen molar-refractivity contribution >= 4 is 0 Å². The molecular weight excluding hydrogens is 184 g/mol. The maximum Gasteiger partial charge on any atom is 0.0195 e. The first-order valence-electron chi connectivity index (χ1n) is 6.22. The maximum absolute atomic E-state index is 3.72. The minimum atomic E-state index is 0.646. The van der Waals surface area contributed by atoms with Crippen molar-refractivity contribution in [3.63, 3.8) is 0 Å². The third-order valence-corrected chi connectivity index (χ3v) is 3.48. The molecule has 1 heterocycles. The van der Waals surface area contributed by atoms with Gasteiger partial charge in [0.15, 0.2) is 0 Å². The van der Waals surface area contributed by atoms with Crippen LogP contribution in [0.3, 0.4) is 0 Å². The van der Waals surface area contributed by atoms with Gasteiger partial charge in [-0.05, 0) is 39.2 Å². The zero-order valence-electron chi connectivity index (χ0n) is 10.5. The first-order chi connectivity index (χ1) is 7.15. The van der Waals surface area contributed by atoms with Crippen molar-refractivity contribution in [1.29, 1.82) is 0 Å². The minimum Gasteiger partial charge on any atom is -0.312 e. The Balaban J connectivity index is 2.31. The van der Waals surface area contributed by atoms with Crippen molar-refractivity contribution in [3.8, 4) is 0 Å².